The zero-order chi connectivity index (χ0) is 10.3. The third-order valence-electron chi connectivity index (χ3n) is 2.20. The largest absolute Gasteiger partial charge is 0.296 e. The fourth-order valence-electron chi connectivity index (χ4n) is 1.54. The molecule has 0 saturated heterocycles. The molecule has 0 unspecified atom stereocenters. The van der Waals surface area contributed by atoms with Gasteiger partial charge in [-0.25, -0.2) is 4.98 Å². The van der Waals surface area contributed by atoms with Crippen LogP contribution >= 0.6 is 15.9 Å². The Hall–Kier alpha value is -1.16. The molecule has 4 heteroatoms. The number of hydrogen-bond donors (Lipinski definition) is 0. The minimum absolute atomic E-state index is 0.615. The Kier molecular flexibility index (Phi) is 2.15. The highest BCUT2D eigenvalue weighted by Gasteiger charge is 2.09. The van der Waals surface area contributed by atoms with Crippen molar-refractivity contribution in [2.45, 2.75) is 13.8 Å². The van der Waals surface area contributed by atoms with E-state index in [1.165, 1.54) is 0 Å². The summed E-state index contributed by atoms with van der Waals surface area (Å²) >= 11 is 3.39. The zero-order valence-corrected chi connectivity index (χ0v) is 9.50. The fourth-order valence-corrected chi connectivity index (χ4v) is 2.09. The van der Waals surface area contributed by atoms with Crippen LogP contribution in [0.2, 0.25) is 0 Å². The summed E-state index contributed by atoms with van der Waals surface area (Å²) in [4.78, 5) is 15.2. The van der Waals surface area contributed by atoms with Crippen LogP contribution in [0.1, 0.15) is 21.7 Å². The van der Waals surface area contributed by atoms with Crippen LogP contribution in [0.15, 0.2) is 16.7 Å². The molecule has 0 aliphatic heterocycles. The molecule has 0 N–H and O–H groups in total. The van der Waals surface area contributed by atoms with Crippen LogP contribution in [-0.2, 0) is 0 Å². The van der Waals surface area contributed by atoms with Gasteiger partial charge in [-0.05, 0) is 41.4 Å². The van der Waals surface area contributed by atoms with Crippen molar-refractivity contribution in [3.63, 3.8) is 0 Å². The summed E-state index contributed by atoms with van der Waals surface area (Å²) in [6.45, 7) is 3.81. The van der Waals surface area contributed by atoms with Crippen LogP contribution < -0.4 is 0 Å². The summed E-state index contributed by atoms with van der Waals surface area (Å²) in [5.74, 6) is 0. The molecule has 0 atom stereocenters. The molecule has 0 aliphatic carbocycles. The first-order valence-corrected chi connectivity index (χ1v) is 5.03. The molecule has 2 aromatic rings. The van der Waals surface area contributed by atoms with Crippen LogP contribution in [0, 0.1) is 13.8 Å². The minimum atomic E-state index is 0.615. The molecule has 2 rings (SSSR count). The Morgan fingerprint density at radius 3 is 2.86 bits per heavy atom. The number of nitrogens with zero attached hydrogens (tertiary/aromatic N) is 2. The van der Waals surface area contributed by atoms with E-state index in [-0.39, 0.29) is 0 Å². The Morgan fingerprint density at radius 1 is 1.50 bits per heavy atom. The lowest BCUT2D eigenvalue weighted by atomic mass is 10.3. The van der Waals surface area contributed by atoms with E-state index in [2.05, 4.69) is 20.9 Å². The van der Waals surface area contributed by atoms with Gasteiger partial charge in [-0.3, -0.25) is 9.20 Å². The van der Waals surface area contributed by atoms with E-state index < -0.39 is 0 Å². The molecule has 72 valence electrons. The van der Waals surface area contributed by atoms with Crippen molar-refractivity contribution in [1.29, 1.82) is 0 Å². The Bertz CT molecular complexity index is 516. The molecule has 0 spiro atoms. The van der Waals surface area contributed by atoms with Gasteiger partial charge in [0, 0.05) is 10.7 Å². The van der Waals surface area contributed by atoms with E-state index in [0.29, 0.717) is 5.69 Å². The van der Waals surface area contributed by atoms with Crippen molar-refractivity contribution >= 4 is 27.9 Å². The van der Waals surface area contributed by atoms with E-state index in [4.69, 9.17) is 0 Å². The third kappa shape index (κ3) is 1.26. The van der Waals surface area contributed by atoms with Crippen molar-refractivity contribution in [3.8, 4) is 0 Å². The molecule has 0 bridgehead atoms. The minimum Gasteiger partial charge on any atom is -0.296 e. The molecule has 3 nitrogen and oxygen atoms in total. The van der Waals surface area contributed by atoms with E-state index in [0.717, 1.165) is 27.7 Å². The number of hydrogen-bond acceptors (Lipinski definition) is 2. The number of rotatable bonds is 1. The molecule has 2 heterocycles. The van der Waals surface area contributed by atoms with Crippen molar-refractivity contribution in [3.05, 3.63) is 33.7 Å². The lowest BCUT2D eigenvalue weighted by molar-refractivity contribution is 0.111. The van der Waals surface area contributed by atoms with Crippen molar-refractivity contribution in [2.24, 2.45) is 0 Å². The summed E-state index contributed by atoms with van der Waals surface area (Å²) in [7, 11) is 0. The van der Waals surface area contributed by atoms with E-state index >= 15 is 0 Å². The zero-order valence-electron chi connectivity index (χ0n) is 7.91. The molecule has 0 saturated carbocycles. The summed E-state index contributed by atoms with van der Waals surface area (Å²) in [6, 6.07) is 1.98. The summed E-state index contributed by atoms with van der Waals surface area (Å²) in [5.41, 5.74) is 3.27. The number of carbonyl (C=O) groups excluding carboxylic acids is 1. The average Bonchev–Trinajstić information content (AvgIpc) is 2.41. The highest BCUT2D eigenvalue weighted by molar-refractivity contribution is 9.10. The molecule has 2 aromatic heterocycles. The van der Waals surface area contributed by atoms with Gasteiger partial charge in [0.2, 0.25) is 0 Å². The first-order chi connectivity index (χ1) is 6.63. The second-order valence-electron chi connectivity index (χ2n) is 3.24. The first-order valence-electron chi connectivity index (χ1n) is 4.23. The quantitative estimate of drug-likeness (QED) is 0.732. The summed E-state index contributed by atoms with van der Waals surface area (Å²) < 4.78 is 2.75. The second-order valence-corrected chi connectivity index (χ2v) is 4.15. The SMILES string of the molecule is Cc1nc2c(C)cc(Br)cn2c1C=O. The van der Waals surface area contributed by atoms with Gasteiger partial charge in [0.25, 0.3) is 0 Å². The van der Waals surface area contributed by atoms with Gasteiger partial charge in [0.05, 0.1) is 5.69 Å². The van der Waals surface area contributed by atoms with Crippen molar-refractivity contribution < 1.29 is 4.79 Å². The molecule has 0 amide bonds. The highest BCUT2D eigenvalue weighted by atomic mass is 79.9. The van der Waals surface area contributed by atoms with Crippen molar-refractivity contribution in [1.82, 2.24) is 9.38 Å². The first kappa shape index (κ1) is 9.40. The topological polar surface area (TPSA) is 34.4 Å². The van der Waals surface area contributed by atoms with Gasteiger partial charge in [-0.2, -0.15) is 0 Å². The third-order valence-corrected chi connectivity index (χ3v) is 2.64. The van der Waals surface area contributed by atoms with Gasteiger partial charge >= 0.3 is 0 Å². The van der Waals surface area contributed by atoms with Crippen LogP contribution in [0.3, 0.4) is 0 Å². The lowest BCUT2D eigenvalue weighted by Crippen LogP contribution is -1.93. The number of aromatic nitrogens is 2. The Labute approximate surface area is 89.9 Å². The van der Waals surface area contributed by atoms with Crippen LogP contribution in [0.25, 0.3) is 5.65 Å². The highest BCUT2D eigenvalue weighted by Crippen LogP contribution is 2.19. The Balaban J connectivity index is 2.94. The van der Waals surface area contributed by atoms with Crippen LogP contribution in [0.4, 0.5) is 0 Å². The fraction of sp³-hybridized carbons (Fsp3) is 0.200. The summed E-state index contributed by atoms with van der Waals surface area (Å²) in [6.07, 6.45) is 2.69. The average molecular weight is 253 g/mol. The molecular formula is C10H9BrN2O. The standard InChI is InChI=1S/C10H9BrN2O/c1-6-3-8(11)4-13-9(5-14)7(2)12-10(6)13/h3-5H,1-2H3. The van der Waals surface area contributed by atoms with Gasteiger partial charge in [0.15, 0.2) is 6.29 Å². The van der Waals surface area contributed by atoms with Gasteiger partial charge in [-0.1, -0.05) is 0 Å². The maximum atomic E-state index is 10.8. The molecule has 0 radical (unpaired) electrons. The summed E-state index contributed by atoms with van der Waals surface area (Å²) in [5, 5.41) is 0. The molecular weight excluding hydrogens is 244 g/mol. The normalized spacial score (nSPS) is 10.8. The van der Waals surface area contributed by atoms with E-state index in [1.807, 2.05) is 30.5 Å². The van der Waals surface area contributed by atoms with Gasteiger partial charge in [-0.15, -0.1) is 0 Å². The number of halogens is 1. The van der Waals surface area contributed by atoms with Gasteiger partial charge < -0.3 is 0 Å². The van der Waals surface area contributed by atoms with Crippen LogP contribution in [-0.4, -0.2) is 15.7 Å². The number of aldehydes is 1. The van der Waals surface area contributed by atoms with Gasteiger partial charge in [0.1, 0.15) is 11.3 Å². The lowest BCUT2D eigenvalue weighted by Gasteiger charge is -1.99. The predicted octanol–water partition coefficient (Wildman–Crippen LogP) is 2.53. The monoisotopic (exact) mass is 252 g/mol. The maximum Gasteiger partial charge on any atom is 0.168 e. The number of imidazole rings is 1. The number of fused-ring (bicyclic) bond motifs is 1. The number of carbonyl (C=O) groups is 1. The Morgan fingerprint density at radius 2 is 2.21 bits per heavy atom. The van der Waals surface area contributed by atoms with Crippen molar-refractivity contribution in [2.75, 3.05) is 0 Å². The maximum absolute atomic E-state index is 10.8. The molecule has 0 fully saturated rings. The molecule has 0 aliphatic rings. The number of aryl methyl sites for hydroxylation is 2. The second kappa shape index (κ2) is 3.20. The number of pyridine rings is 1. The van der Waals surface area contributed by atoms with Crippen LogP contribution in [0.5, 0.6) is 0 Å². The molecule has 0 aromatic carbocycles. The smallest absolute Gasteiger partial charge is 0.168 e. The van der Waals surface area contributed by atoms with E-state index in [1.54, 1.807) is 0 Å². The predicted molar refractivity (Wildman–Crippen MR) is 57.8 cm³/mol. The van der Waals surface area contributed by atoms with E-state index in [9.17, 15) is 4.79 Å². The molecule has 14 heavy (non-hydrogen) atoms.